The monoisotopic (exact) mass is 505 g/mol. The predicted octanol–water partition coefficient (Wildman–Crippen LogP) is 5.19. The van der Waals surface area contributed by atoms with Crippen LogP contribution in [0.4, 0.5) is 0 Å². The summed E-state index contributed by atoms with van der Waals surface area (Å²) in [5, 5.41) is 0. The first-order chi connectivity index (χ1) is 18.1. The number of hydrogen-bond acceptors (Lipinski definition) is 8. The molecule has 3 heterocycles. The number of benzene rings is 2. The zero-order valence-electron chi connectivity index (χ0n) is 22.1. The Morgan fingerprint density at radius 3 is 2.46 bits per heavy atom. The third-order valence-electron chi connectivity index (χ3n) is 7.26. The molecule has 8 nitrogen and oxygen atoms in total. The van der Waals surface area contributed by atoms with E-state index in [2.05, 4.69) is 46.9 Å². The molecule has 2 aliphatic rings. The van der Waals surface area contributed by atoms with E-state index < -0.39 is 0 Å². The molecule has 0 bridgehead atoms. The minimum Gasteiger partial charge on any atom is -0.486 e. The number of ether oxygens (including phenoxy) is 5. The van der Waals surface area contributed by atoms with Gasteiger partial charge >= 0.3 is 6.01 Å². The number of likely N-dealkylation sites (tertiary alicyclic amines) is 1. The van der Waals surface area contributed by atoms with E-state index in [1.54, 1.807) is 14.2 Å². The lowest BCUT2D eigenvalue weighted by atomic mass is 9.96. The predicted molar refractivity (Wildman–Crippen MR) is 141 cm³/mol. The molecule has 196 valence electrons. The summed E-state index contributed by atoms with van der Waals surface area (Å²) in [6.45, 7) is 7.54. The lowest BCUT2D eigenvalue weighted by molar-refractivity contribution is 0.148. The SMILES string of the molecule is COc1nc(OCc2cccc(-c3ccc4c(c3)OCCO4)c2C)nc(OC)c1CN1CCCC[C@H]1C. The van der Waals surface area contributed by atoms with Gasteiger partial charge in [-0.15, -0.1) is 0 Å². The molecule has 0 N–H and O–H groups in total. The van der Waals surface area contributed by atoms with Gasteiger partial charge in [0.1, 0.15) is 19.8 Å². The summed E-state index contributed by atoms with van der Waals surface area (Å²) >= 11 is 0. The quantitative estimate of drug-likeness (QED) is 0.414. The molecule has 0 aliphatic carbocycles. The van der Waals surface area contributed by atoms with Crippen molar-refractivity contribution in [1.82, 2.24) is 14.9 Å². The standard InChI is InChI=1S/C29H35N3O5/c1-19-8-5-6-13-32(19)17-24-27(33-3)30-29(31-28(24)34-4)37-18-22-9-7-10-23(20(22)2)21-11-12-25-26(16-21)36-15-14-35-25/h7,9-12,16,19H,5-6,8,13-15,17-18H2,1-4H3/t19-/m1/s1. The van der Waals surface area contributed by atoms with Crippen LogP contribution in [0, 0.1) is 6.92 Å². The van der Waals surface area contributed by atoms with Crippen LogP contribution >= 0.6 is 0 Å². The van der Waals surface area contributed by atoms with Gasteiger partial charge in [-0.25, -0.2) is 0 Å². The van der Waals surface area contributed by atoms with Crippen LogP contribution in [0.2, 0.25) is 0 Å². The number of nitrogens with zero attached hydrogens (tertiary/aromatic N) is 3. The molecule has 1 fully saturated rings. The summed E-state index contributed by atoms with van der Waals surface area (Å²) in [6.07, 6.45) is 3.66. The van der Waals surface area contributed by atoms with Crippen molar-refractivity contribution in [2.45, 2.75) is 52.3 Å². The molecule has 1 saturated heterocycles. The van der Waals surface area contributed by atoms with Crippen LogP contribution < -0.4 is 23.7 Å². The van der Waals surface area contributed by atoms with E-state index in [1.165, 1.54) is 19.3 Å². The fourth-order valence-electron chi connectivity index (χ4n) is 5.06. The van der Waals surface area contributed by atoms with Gasteiger partial charge < -0.3 is 23.7 Å². The van der Waals surface area contributed by atoms with Crippen molar-refractivity contribution >= 4 is 0 Å². The van der Waals surface area contributed by atoms with Crippen LogP contribution in [-0.4, -0.2) is 54.9 Å². The summed E-state index contributed by atoms with van der Waals surface area (Å²) in [4.78, 5) is 11.6. The third-order valence-corrected chi connectivity index (χ3v) is 7.26. The molecule has 0 saturated carbocycles. The molecule has 8 heteroatoms. The van der Waals surface area contributed by atoms with Gasteiger partial charge in [0.2, 0.25) is 11.8 Å². The van der Waals surface area contributed by atoms with E-state index in [9.17, 15) is 0 Å². The molecule has 37 heavy (non-hydrogen) atoms. The minimum atomic E-state index is 0.230. The van der Waals surface area contributed by atoms with Gasteiger partial charge in [-0.1, -0.05) is 30.7 Å². The first-order valence-electron chi connectivity index (χ1n) is 12.9. The Bertz CT molecular complexity index is 1220. The van der Waals surface area contributed by atoms with Gasteiger partial charge in [-0.2, -0.15) is 9.97 Å². The van der Waals surface area contributed by atoms with Crippen molar-refractivity contribution in [3.63, 3.8) is 0 Å². The molecular formula is C29H35N3O5. The van der Waals surface area contributed by atoms with Gasteiger partial charge in [-0.05, 0) is 67.6 Å². The molecule has 3 aromatic rings. The van der Waals surface area contributed by atoms with Crippen LogP contribution in [0.5, 0.6) is 29.3 Å². The highest BCUT2D eigenvalue weighted by atomic mass is 16.6. The highest BCUT2D eigenvalue weighted by Crippen LogP contribution is 2.36. The Labute approximate surface area is 218 Å². The zero-order valence-corrected chi connectivity index (χ0v) is 22.1. The molecule has 2 aliphatic heterocycles. The Hall–Kier alpha value is -3.52. The van der Waals surface area contributed by atoms with Crippen LogP contribution in [0.25, 0.3) is 11.1 Å². The topological polar surface area (TPSA) is 75.2 Å². The van der Waals surface area contributed by atoms with Crippen molar-refractivity contribution < 1.29 is 23.7 Å². The van der Waals surface area contributed by atoms with Crippen molar-refractivity contribution in [3.05, 3.63) is 53.1 Å². The van der Waals surface area contributed by atoms with Gasteiger partial charge in [0.05, 0.1) is 19.8 Å². The second kappa shape index (κ2) is 11.3. The maximum absolute atomic E-state index is 6.06. The van der Waals surface area contributed by atoms with Crippen molar-refractivity contribution in [3.8, 4) is 40.4 Å². The molecule has 2 aromatic carbocycles. The first kappa shape index (κ1) is 25.1. The van der Waals surface area contributed by atoms with Crippen molar-refractivity contribution in [2.24, 2.45) is 0 Å². The lowest BCUT2D eigenvalue weighted by Crippen LogP contribution is -2.37. The molecule has 0 amide bonds. The molecular weight excluding hydrogens is 470 g/mol. The number of aromatic nitrogens is 2. The number of piperidine rings is 1. The fourth-order valence-corrected chi connectivity index (χ4v) is 5.06. The lowest BCUT2D eigenvalue weighted by Gasteiger charge is -2.33. The second-order valence-corrected chi connectivity index (χ2v) is 9.56. The number of rotatable bonds is 8. The Morgan fingerprint density at radius 2 is 1.73 bits per heavy atom. The number of fused-ring (bicyclic) bond motifs is 1. The average Bonchev–Trinajstić information content (AvgIpc) is 2.93. The van der Waals surface area contributed by atoms with Gasteiger partial charge in [0.25, 0.3) is 0 Å². The first-order valence-corrected chi connectivity index (χ1v) is 12.9. The Morgan fingerprint density at radius 1 is 0.973 bits per heavy atom. The Kier molecular flexibility index (Phi) is 7.65. The maximum atomic E-state index is 6.06. The van der Waals surface area contributed by atoms with E-state index in [4.69, 9.17) is 23.7 Å². The van der Waals surface area contributed by atoms with E-state index >= 15 is 0 Å². The molecule has 0 radical (unpaired) electrons. The van der Waals surface area contributed by atoms with Crippen molar-refractivity contribution in [2.75, 3.05) is 34.0 Å². The van der Waals surface area contributed by atoms with Crippen LogP contribution in [-0.2, 0) is 13.2 Å². The number of methoxy groups -OCH3 is 2. The highest BCUT2D eigenvalue weighted by Gasteiger charge is 2.24. The molecule has 1 aromatic heterocycles. The Balaban J connectivity index is 1.35. The zero-order chi connectivity index (χ0) is 25.8. The smallest absolute Gasteiger partial charge is 0.323 e. The molecule has 0 spiro atoms. The molecule has 5 rings (SSSR count). The van der Waals surface area contributed by atoms with Crippen LogP contribution in [0.1, 0.15) is 42.9 Å². The second-order valence-electron chi connectivity index (χ2n) is 9.56. The van der Waals surface area contributed by atoms with Crippen molar-refractivity contribution in [1.29, 1.82) is 0 Å². The van der Waals surface area contributed by atoms with Crippen LogP contribution in [0.15, 0.2) is 36.4 Å². The fraction of sp³-hybridized carbons (Fsp3) is 0.448. The van der Waals surface area contributed by atoms with E-state index in [-0.39, 0.29) is 6.01 Å². The average molecular weight is 506 g/mol. The van der Waals surface area contributed by atoms with Crippen LogP contribution in [0.3, 0.4) is 0 Å². The summed E-state index contributed by atoms with van der Waals surface area (Å²) in [6, 6.07) is 13.0. The third kappa shape index (κ3) is 5.44. The minimum absolute atomic E-state index is 0.230. The maximum Gasteiger partial charge on any atom is 0.323 e. The van der Waals surface area contributed by atoms with Gasteiger partial charge in [0.15, 0.2) is 11.5 Å². The van der Waals surface area contributed by atoms with Gasteiger partial charge in [-0.3, -0.25) is 4.90 Å². The van der Waals surface area contributed by atoms with E-state index in [0.29, 0.717) is 44.2 Å². The highest BCUT2D eigenvalue weighted by molar-refractivity contribution is 5.71. The molecule has 0 unspecified atom stereocenters. The summed E-state index contributed by atoms with van der Waals surface area (Å²) < 4.78 is 28.8. The van der Waals surface area contributed by atoms with E-state index in [1.807, 2.05) is 18.2 Å². The van der Waals surface area contributed by atoms with E-state index in [0.717, 1.165) is 45.9 Å². The summed E-state index contributed by atoms with van der Waals surface area (Å²) in [5.41, 5.74) is 5.19. The van der Waals surface area contributed by atoms with Gasteiger partial charge in [0, 0.05) is 12.6 Å². The molecule has 1 atom stereocenters. The normalized spacial score (nSPS) is 17.4. The summed E-state index contributed by atoms with van der Waals surface area (Å²) in [5.74, 6) is 2.53. The summed E-state index contributed by atoms with van der Waals surface area (Å²) in [7, 11) is 3.24. The number of hydrogen-bond donors (Lipinski definition) is 0. The largest absolute Gasteiger partial charge is 0.486 e.